The Morgan fingerprint density at radius 2 is 2.33 bits per heavy atom. The van der Waals surface area contributed by atoms with Crippen LogP contribution in [0.3, 0.4) is 0 Å². The van der Waals surface area contributed by atoms with Gasteiger partial charge >= 0.3 is 0 Å². The Morgan fingerprint density at radius 3 is 3.00 bits per heavy atom. The number of ether oxygens (including phenoxy) is 1. The largest absolute Gasteiger partial charge is 0.493 e. The number of thiazole rings is 1. The molecule has 0 atom stereocenters. The van der Waals surface area contributed by atoms with Crippen LogP contribution in [0.4, 0.5) is 0 Å². The molecule has 92 valence electrons. The van der Waals surface area contributed by atoms with Crippen LogP contribution in [0.5, 0.6) is 5.75 Å². The number of benzene rings is 1. The number of nitrogens with zero attached hydrogens (tertiary/aromatic N) is 2. The monoisotopic (exact) mass is 278 g/mol. The summed E-state index contributed by atoms with van der Waals surface area (Å²) < 4.78 is 5.61. The number of aromatic nitrogens is 1. The summed E-state index contributed by atoms with van der Waals surface area (Å²) in [7, 11) is 0. The van der Waals surface area contributed by atoms with Gasteiger partial charge in [0, 0.05) is 16.8 Å². The molecule has 2 aromatic rings. The minimum Gasteiger partial charge on any atom is -0.493 e. The lowest BCUT2D eigenvalue weighted by Crippen LogP contribution is -2.01. The molecule has 0 fully saturated rings. The highest BCUT2D eigenvalue weighted by atomic mass is 35.5. The van der Waals surface area contributed by atoms with Crippen molar-refractivity contribution in [3.05, 3.63) is 44.9 Å². The van der Waals surface area contributed by atoms with E-state index in [1.165, 1.54) is 11.3 Å². The molecule has 1 aromatic heterocycles. The lowest BCUT2D eigenvalue weighted by atomic mass is 10.2. The van der Waals surface area contributed by atoms with Crippen LogP contribution >= 0.6 is 22.9 Å². The first-order chi connectivity index (χ1) is 8.69. The summed E-state index contributed by atoms with van der Waals surface area (Å²) >= 11 is 7.41. The van der Waals surface area contributed by atoms with Gasteiger partial charge in [-0.25, -0.2) is 4.98 Å². The fourth-order valence-corrected chi connectivity index (χ4v) is 2.26. The van der Waals surface area contributed by atoms with Gasteiger partial charge in [-0.05, 0) is 30.7 Å². The summed E-state index contributed by atoms with van der Waals surface area (Å²) in [5, 5.41) is 12.1. The van der Waals surface area contributed by atoms with E-state index in [4.69, 9.17) is 21.6 Å². The molecule has 0 amide bonds. The molecule has 0 aliphatic rings. The van der Waals surface area contributed by atoms with Gasteiger partial charge in [-0.15, -0.1) is 11.3 Å². The van der Waals surface area contributed by atoms with Gasteiger partial charge in [0.05, 0.1) is 11.6 Å². The van der Waals surface area contributed by atoms with E-state index in [-0.39, 0.29) is 0 Å². The van der Waals surface area contributed by atoms with E-state index in [1.807, 2.05) is 31.2 Å². The Hall–Kier alpha value is -1.57. The number of hydrogen-bond acceptors (Lipinski definition) is 4. The molecule has 0 aliphatic heterocycles. The van der Waals surface area contributed by atoms with Crippen LogP contribution in [0.2, 0.25) is 5.02 Å². The Balaban J connectivity index is 1.88. The Bertz CT molecular complexity index is 589. The molecule has 5 heteroatoms. The average molecular weight is 279 g/mol. The zero-order chi connectivity index (χ0) is 13.0. The fourth-order valence-electron chi connectivity index (χ4n) is 1.44. The minimum atomic E-state index is 0.470. The number of hydrogen-bond donors (Lipinski definition) is 0. The molecule has 0 N–H and O–H groups in total. The van der Waals surface area contributed by atoms with Crippen LogP contribution < -0.4 is 4.74 Å². The summed E-state index contributed by atoms with van der Waals surface area (Å²) in [5.74, 6) is 0.800. The molecule has 1 aromatic carbocycles. The summed E-state index contributed by atoms with van der Waals surface area (Å²) in [6, 6.07) is 7.59. The fraction of sp³-hybridized carbons (Fsp3) is 0.231. The first-order valence-electron chi connectivity index (χ1n) is 5.42. The minimum absolute atomic E-state index is 0.470. The van der Waals surface area contributed by atoms with Gasteiger partial charge in [-0.1, -0.05) is 11.6 Å². The van der Waals surface area contributed by atoms with E-state index in [0.29, 0.717) is 18.7 Å². The van der Waals surface area contributed by atoms with Crippen molar-refractivity contribution in [2.75, 3.05) is 6.61 Å². The lowest BCUT2D eigenvalue weighted by Gasteiger charge is -2.06. The zero-order valence-corrected chi connectivity index (χ0v) is 11.4. The molecule has 0 saturated heterocycles. The van der Waals surface area contributed by atoms with E-state index in [9.17, 15) is 0 Å². The Labute approximate surface area is 115 Å². The molecule has 0 saturated carbocycles. The van der Waals surface area contributed by atoms with E-state index in [1.54, 1.807) is 5.38 Å². The zero-order valence-electron chi connectivity index (χ0n) is 9.81. The smallest absolute Gasteiger partial charge is 0.151 e. The second-order valence-corrected chi connectivity index (χ2v) is 5.10. The maximum Gasteiger partial charge on any atom is 0.151 e. The summed E-state index contributed by atoms with van der Waals surface area (Å²) in [6.45, 7) is 2.48. The van der Waals surface area contributed by atoms with Gasteiger partial charge < -0.3 is 4.74 Å². The van der Waals surface area contributed by atoms with Crippen LogP contribution in [0.1, 0.15) is 16.3 Å². The highest BCUT2D eigenvalue weighted by Gasteiger charge is 2.02. The highest BCUT2D eigenvalue weighted by molar-refractivity contribution is 7.09. The van der Waals surface area contributed by atoms with Crippen molar-refractivity contribution in [2.24, 2.45) is 0 Å². The van der Waals surface area contributed by atoms with Gasteiger partial charge in [0.15, 0.2) is 5.69 Å². The highest BCUT2D eigenvalue weighted by Crippen LogP contribution is 2.21. The molecular formula is C13H11ClN2OS. The van der Waals surface area contributed by atoms with Gasteiger partial charge in [-0.2, -0.15) is 5.26 Å². The third-order valence-corrected chi connectivity index (χ3v) is 3.71. The number of aryl methyl sites for hydroxylation is 1. The Morgan fingerprint density at radius 1 is 1.50 bits per heavy atom. The standard InChI is InChI=1S/C13H11ClN2OS/c1-9-6-11(2-3-12(9)14)17-5-4-13-16-10(7-15)8-18-13/h2-3,6,8H,4-5H2,1H3. The van der Waals surface area contributed by atoms with E-state index in [0.717, 1.165) is 21.3 Å². The first-order valence-corrected chi connectivity index (χ1v) is 6.68. The second kappa shape index (κ2) is 5.85. The van der Waals surface area contributed by atoms with Gasteiger partial charge in [0.1, 0.15) is 11.8 Å². The third-order valence-electron chi connectivity index (χ3n) is 2.38. The molecule has 3 nitrogen and oxygen atoms in total. The van der Waals surface area contributed by atoms with Crippen molar-refractivity contribution in [1.29, 1.82) is 5.26 Å². The van der Waals surface area contributed by atoms with Crippen LogP contribution in [0.15, 0.2) is 23.6 Å². The maximum absolute atomic E-state index is 8.66. The van der Waals surface area contributed by atoms with Gasteiger partial charge in [0.2, 0.25) is 0 Å². The molecule has 0 bridgehead atoms. The molecule has 0 aliphatic carbocycles. The van der Waals surface area contributed by atoms with Crippen LogP contribution in [0.25, 0.3) is 0 Å². The van der Waals surface area contributed by atoms with E-state index >= 15 is 0 Å². The predicted molar refractivity (Wildman–Crippen MR) is 72.2 cm³/mol. The summed E-state index contributed by atoms with van der Waals surface area (Å²) in [5.41, 5.74) is 1.47. The van der Waals surface area contributed by atoms with E-state index < -0.39 is 0 Å². The molecule has 1 heterocycles. The average Bonchev–Trinajstić information content (AvgIpc) is 2.82. The van der Waals surface area contributed by atoms with Crippen molar-refractivity contribution in [1.82, 2.24) is 4.98 Å². The number of halogens is 1. The maximum atomic E-state index is 8.66. The predicted octanol–water partition coefficient (Wildman–Crippen LogP) is 3.60. The van der Waals surface area contributed by atoms with Crippen molar-refractivity contribution >= 4 is 22.9 Å². The van der Waals surface area contributed by atoms with Crippen molar-refractivity contribution < 1.29 is 4.74 Å². The van der Waals surface area contributed by atoms with Crippen molar-refractivity contribution in [3.63, 3.8) is 0 Å². The summed E-state index contributed by atoms with van der Waals surface area (Å²) in [6.07, 6.45) is 0.702. The van der Waals surface area contributed by atoms with E-state index in [2.05, 4.69) is 4.98 Å². The number of nitriles is 1. The molecule has 18 heavy (non-hydrogen) atoms. The van der Waals surface area contributed by atoms with Crippen LogP contribution in [0, 0.1) is 18.3 Å². The summed E-state index contributed by atoms with van der Waals surface area (Å²) in [4.78, 5) is 4.15. The second-order valence-electron chi connectivity index (χ2n) is 3.75. The SMILES string of the molecule is Cc1cc(OCCc2nc(C#N)cs2)ccc1Cl. The topological polar surface area (TPSA) is 45.9 Å². The molecular weight excluding hydrogens is 268 g/mol. The number of rotatable bonds is 4. The normalized spacial score (nSPS) is 10.1. The third kappa shape index (κ3) is 3.22. The van der Waals surface area contributed by atoms with Crippen LogP contribution in [-0.2, 0) is 6.42 Å². The van der Waals surface area contributed by atoms with Gasteiger partial charge in [0.25, 0.3) is 0 Å². The molecule has 0 radical (unpaired) electrons. The van der Waals surface area contributed by atoms with Crippen molar-refractivity contribution in [2.45, 2.75) is 13.3 Å². The van der Waals surface area contributed by atoms with Crippen molar-refractivity contribution in [3.8, 4) is 11.8 Å². The quantitative estimate of drug-likeness (QED) is 0.858. The first kappa shape index (κ1) is 12.9. The molecule has 0 spiro atoms. The molecule has 2 rings (SSSR count). The molecule has 0 unspecified atom stereocenters. The van der Waals surface area contributed by atoms with Crippen LogP contribution in [-0.4, -0.2) is 11.6 Å². The lowest BCUT2D eigenvalue weighted by molar-refractivity contribution is 0.321. The van der Waals surface area contributed by atoms with Gasteiger partial charge in [-0.3, -0.25) is 0 Å². The Kier molecular flexibility index (Phi) is 4.19.